The molecule has 0 aliphatic carbocycles. The van der Waals surface area contributed by atoms with Crippen molar-refractivity contribution in [1.29, 1.82) is 0 Å². The monoisotopic (exact) mass is 240 g/mol. The molecule has 0 unspecified atom stereocenters. The highest BCUT2D eigenvalue weighted by atomic mass is 32.1. The van der Waals surface area contributed by atoms with E-state index >= 15 is 0 Å². The number of ether oxygens (including phenoxy) is 2. The molecule has 0 spiro atoms. The fourth-order valence-electron chi connectivity index (χ4n) is 1.79. The SMILES string of the molecule is COc1cc(C(C)(C)S)c(OC)c(C)c1C. The zero-order valence-corrected chi connectivity index (χ0v) is 11.7. The van der Waals surface area contributed by atoms with E-state index in [1.165, 1.54) is 0 Å². The first-order valence-corrected chi connectivity index (χ1v) is 5.72. The van der Waals surface area contributed by atoms with Crippen LogP contribution in [0.4, 0.5) is 0 Å². The number of methoxy groups -OCH3 is 2. The second-order valence-electron chi connectivity index (χ2n) is 4.47. The Balaban J connectivity index is 3.54. The van der Waals surface area contributed by atoms with Crippen LogP contribution in [0.1, 0.15) is 30.5 Å². The van der Waals surface area contributed by atoms with Crippen molar-refractivity contribution in [3.05, 3.63) is 22.8 Å². The van der Waals surface area contributed by atoms with Crippen molar-refractivity contribution in [3.8, 4) is 11.5 Å². The van der Waals surface area contributed by atoms with Crippen LogP contribution in [0.15, 0.2) is 6.07 Å². The second-order valence-corrected chi connectivity index (χ2v) is 5.59. The van der Waals surface area contributed by atoms with Crippen molar-refractivity contribution in [3.63, 3.8) is 0 Å². The molecule has 0 aromatic heterocycles. The lowest BCUT2D eigenvalue weighted by Crippen LogP contribution is -2.12. The fourth-order valence-corrected chi connectivity index (χ4v) is 1.96. The largest absolute Gasteiger partial charge is 0.496 e. The minimum absolute atomic E-state index is 0.253. The molecule has 0 heterocycles. The van der Waals surface area contributed by atoms with Gasteiger partial charge in [-0.1, -0.05) is 0 Å². The molecule has 0 fully saturated rings. The Hall–Kier alpha value is -0.830. The maximum atomic E-state index is 5.48. The summed E-state index contributed by atoms with van der Waals surface area (Å²) in [6.07, 6.45) is 0. The highest BCUT2D eigenvalue weighted by Gasteiger charge is 2.24. The zero-order valence-electron chi connectivity index (χ0n) is 10.8. The topological polar surface area (TPSA) is 18.5 Å². The van der Waals surface area contributed by atoms with Gasteiger partial charge < -0.3 is 9.47 Å². The van der Waals surface area contributed by atoms with Crippen molar-refractivity contribution in [2.75, 3.05) is 14.2 Å². The minimum Gasteiger partial charge on any atom is -0.496 e. The molecular formula is C13H20O2S. The molecule has 0 aliphatic rings. The third-order valence-corrected chi connectivity index (χ3v) is 3.12. The van der Waals surface area contributed by atoms with Crippen molar-refractivity contribution in [2.45, 2.75) is 32.4 Å². The molecule has 1 rings (SSSR count). The van der Waals surface area contributed by atoms with E-state index < -0.39 is 0 Å². The molecule has 1 aromatic carbocycles. The molecule has 2 nitrogen and oxygen atoms in total. The molecule has 0 bridgehead atoms. The highest BCUT2D eigenvalue weighted by Crippen LogP contribution is 2.41. The third kappa shape index (κ3) is 2.29. The molecule has 90 valence electrons. The molecular weight excluding hydrogens is 220 g/mol. The van der Waals surface area contributed by atoms with Crippen LogP contribution in [0.3, 0.4) is 0 Å². The first kappa shape index (κ1) is 13.2. The Morgan fingerprint density at radius 3 is 2.00 bits per heavy atom. The molecule has 0 atom stereocenters. The fraction of sp³-hybridized carbons (Fsp3) is 0.538. The standard InChI is InChI=1S/C13H20O2S/c1-8-9(2)12(15-6)10(13(3,4)16)7-11(8)14-5/h7,16H,1-6H3. The molecule has 0 radical (unpaired) electrons. The van der Waals surface area contributed by atoms with Gasteiger partial charge in [-0.2, -0.15) is 12.6 Å². The van der Waals surface area contributed by atoms with Gasteiger partial charge in [-0.15, -0.1) is 0 Å². The molecule has 3 heteroatoms. The lowest BCUT2D eigenvalue weighted by molar-refractivity contribution is 0.390. The normalized spacial score (nSPS) is 11.4. The van der Waals surface area contributed by atoms with Crippen molar-refractivity contribution < 1.29 is 9.47 Å². The van der Waals surface area contributed by atoms with Crippen LogP contribution in [0.5, 0.6) is 11.5 Å². The van der Waals surface area contributed by atoms with Gasteiger partial charge in [-0.25, -0.2) is 0 Å². The lowest BCUT2D eigenvalue weighted by Gasteiger charge is -2.24. The maximum Gasteiger partial charge on any atom is 0.126 e. The number of hydrogen-bond donors (Lipinski definition) is 1. The molecule has 0 amide bonds. The van der Waals surface area contributed by atoms with Crippen LogP contribution in [0.25, 0.3) is 0 Å². The second kappa shape index (κ2) is 4.58. The number of benzene rings is 1. The van der Waals surface area contributed by atoms with E-state index in [0.717, 1.165) is 28.2 Å². The smallest absolute Gasteiger partial charge is 0.126 e. The summed E-state index contributed by atoms with van der Waals surface area (Å²) in [5.74, 6) is 1.79. The summed E-state index contributed by atoms with van der Waals surface area (Å²) in [5, 5.41) is 0. The lowest BCUT2D eigenvalue weighted by atomic mass is 9.95. The Labute approximate surface area is 103 Å². The summed E-state index contributed by atoms with van der Waals surface area (Å²) in [6, 6.07) is 2.01. The number of rotatable bonds is 3. The Morgan fingerprint density at radius 2 is 1.62 bits per heavy atom. The first-order valence-electron chi connectivity index (χ1n) is 5.28. The average molecular weight is 240 g/mol. The van der Waals surface area contributed by atoms with E-state index in [2.05, 4.69) is 12.6 Å². The molecule has 0 saturated carbocycles. The van der Waals surface area contributed by atoms with Gasteiger partial charge in [0.1, 0.15) is 11.5 Å². The molecule has 0 saturated heterocycles. The molecule has 0 N–H and O–H groups in total. The summed E-state index contributed by atoms with van der Waals surface area (Å²) < 4.78 is 10.6. The van der Waals surface area contributed by atoms with E-state index in [4.69, 9.17) is 9.47 Å². The van der Waals surface area contributed by atoms with Crippen LogP contribution < -0.4 is 9.47 Å². The van der Waals surface area contributed by atoms with Crippen LogP contribution in [0.2, 0.25) is 0 Å². The van der Waals surface area contributed by atoms with Gasteiger partial charge >= 0.3 is 0 Å². The van der Waals surface area contributed by atoms with Gasteiger partial charge in [0.15, 0.2) is 0 Å². The average Bonchev–Trinajstić information content (AvgIpc) is 2.20. The molecule has 0 aliphatic heterocycles. The summed E-state index contributed by atoms with van der Waals surface area (Å²) >= 11 is 4.60. The highest BCUT2D eigenvalue weighted by molar-refractivity contribution is 7.81. The van der Waals surface area contributed by atoms with Gasteiger partial charge in [-0.3, -0.25) is 0 Å². The van der Waals surface area contributed by atoms with E-state index in [9.17, 15) is 0 Å². The van der Waals surface area contributed by atoms with Crippen LogP contribution in [-0.4, -0.2) is 14.2 Å². The predicted molar refractivity (Wildman–Crippen MR) is 71.0 cm³/mol. The van der Waals surface area contributed by atoms with Crippen molar-refractivity contribution >= 4 is 12.6 Å². The predicted octanol–water partition coefficient (Wildman–Crippen LogP) is 3.49. The van der Waals surface area contributed by atoms with E-state index in [-0.39, 0.29) is 4.75 Å². The maximum absolute atomic E-state index is 5.48. The van der Waals surface area contributed by atoms with Gasteiger partial charge in [0.2, 0.25) is 0 Å². The Kier molecular flexibility index (Phi) is 3.79. The van der Waals surface area contributed by atoms with Gasteiger partial charge in [0.25, 0.3) is 0 Å². The number of hydrogen-bond acceptors (Lipinski definition) is 3. The summed E-state index contributed by atoms with van der Waals surface area (Å²) in [4.78, 5) is 0. The molecule has 1 aromatic rings. The van der Waals surface area contributed by atoms with Crippen LogP contribution in [0, 0.1) is 13.8 Å². The van der Waals surface area contributed by atoms with Crippen LogP contribution in [-0.2, 0) is 4.75 Å². The number of thiol groups is 1. The summed E-state index contributed by atoms with van der Waals surface area (Å²) in [5.41, 5.74) is 3.28. The Morgan fingerprint density at radius 1 is 1.06 bits per heavy atom. The Bertz CT molecular complexity index is 392. The zero-order chi connectivity index (χ0) is 12.5. The van der Waals surface area contributed by atoms with Crippen molar-refractivity contribution in [1.82, 2.24) is 0 Å². The van der Waals surface area contributed by atoms with Gasteiger partial charge in [0, 0.05) is 10.3 Å². The summed E-state index contributed by atoms with van der Waals surface area (Å²) in [7, 11) is 3.38. The van der Waals surface area contributed by atoms with E-state index in [1.54, 1.807) is 14.2 Å². The van der Waals surface area contributed by atoms with Crippen LogP contribution >= 0.6 is 12.6 Å². The van der Waals surface area contributed by atoms with Crippen molar-refractivity contribution in [2.24, 2.45) is 0 Å². The molecule has 16 heavy (non-hydrogen) atoms. The van der Waals surface area contributed by atoms with E-state index in [0.29, 0.717) is 0 Å². The van der Waals surface area contributed by atoms with E-state index in [1.807, 2.05) is 33.8 Å². The van der Waals surface area contributed by atoms with Gasteiger partial charge in [-0.05, 0) is 44.9 Å². The quantitative estimate of drug-likeness (QED) is 0.815. The summed E-state index contributed by atoms with van der Waals surface area (Å²) in [6.45, 7) is 8.16. The minimum atomic E-state index is -0.253. The first-order chi connectivity index (χ1) is 7.32. The third-order valence-electron chi connectivity index (χ3n) is 2.88. The van der Waals surface area contributed by atoms with Gasteiger partial charge in [0.05, 0.1) is 14.2 Å².